The second-order valence-corrected chi connectivity index (χ2v) is 8.44. The Morgan fingerprint density at radius 2 is 1.91 bits per heavy atom. The van der Waals surface area contributed by atoms with Crippen LogP contribution in [0.5, 0.6) is 0 Å². The molecule has 0 unspecified atom stereocenters. The summed E-state index contributed by atoms with van der Waals surface area (Å²) in [5.41, 5.74) is 2.87. The van der Waals surface area contributed by atoms with E-state index in [9.17, 15) is 19.7 Å². The minimum atomic E-state index is -1.22. The number of rotatable bonds is 3. The van der Waals surface area contributed by atoms with Crippen molar-refractivity contribution in [3.05, 3.63) is 104 Å². The van der Waals surface area contributed by atoms with Gasteiger partial charge in [0, 0.05) is 36.0 Å². The van der Waals surface area contributed by atoms with Gasteiger partial charge in [-0.3, -0.25) is 29.3 Å². The average molecular weight is 466 g/mol. The molecule has 1 amide bonds. The third-order valence-electron chi connectivity index (χ3n) is 6.42. The summed E-state index contributed by atoms with van der Waals surface area (Å²) < 4.78 is 1.30. The number of nitro benzene ring substituents is 1. The highest BCUT2D eigenvalue weighted by Gasteiger charge is 2.39. The monoisotopic (exact) mass is 466 g/mol. The van der Waals surface area contributed by atoms with E-state index in [1.165, 1.54) is 29.1 Å². The number of hydrogen-bond acceptors (Lipinski definition) is 7. The van der Waals surface area contributed by atoms with E-state index in [2.05, 4.69) is 9.97 Å². The van der Waals surface area contributed by atoms with Gasteiger partial charge in [0.2, 0.25) is 6.17 Å². The Morgan fingerprint density at radius 3 is 2.69 bits per heavy atom. The highest BCUT2D eigenvalue weighted by Crippen LogP contribution is 2.40. The number of carbonyl (C=O) groups excluding carboxylic acids is 1. The smallest absolute Gasteiger partial charge is 0.272 e. The molecule has 0 radical (unpaired) electrons. The first-order valence-corrected chi connectivity index (χ1v) is 11.0. The fourth-order valence-electron chi connectivity index (χ4n) is 4.87. The highest BCUT2D eigenvalue weighted by atomic mass is 16.6. The maximum atomic E-state index is 13.9. The molecule has 1 atom stereocenters. The molecular formula is C25H18N6O4. The van der Waals surface area contributed by atoms with Crippen molar-refractivity contribution < 1.29 is 9.72 Å². The molecule has 0 saturated carbocycles. The molecule has 2 aliphatic rings. The lowest BCUT2D eigenvalue weighted by Gasteiger charge is -2.22. The van der Waals surface area contributed by atoms with E-state index in [4.69, 9.17) is 4.99 Å². The summed E-state index contributed by atoms with van der Waals surface area (Å²) in [6.07, 6.45) is 2.25. The molecule has 0 saturated heterocycles. The first-order valence-electron chi connectivity index (χ1n) is 11.0. The van der Waals surface area contributed by atoms with Gasteiger partial charge in [-0.25, -0.2) is 9.98 Å². The van der Waals surface area contributed by atoms with Crippen LogP contribution in [0.15, 0.2) is 70.7 Å². The fourth-order valence-corrected chi connectivity index (χ4v) is 4.87. The molecule has 0 bridgehead atoms. The number of fused-ring (bicyclic) bond motifs is 1. The third kappa shape index (κ3) is 3.14. The predicted molar refractivity (Wildman–Crippen MR) is 129 cm³/mol. The number of benzene rings is 2. The van der Waals surface area contributed by atoms with Crippen molar-refractivity contribution in [3.8, 4) is 0 Å². The summed E-state index contributed by atoms with van der Waals surface area (Å²) in [5.74, 6) is -0.0634. The third-order valence-corrected chi connectivity index (χ3v) is 6.42. The van der Waals surface area contributed by atoms with Crippen molar-refractivity contribution in [2.75, 3.05) is 11.4 Å². The van der Waals surface area contributed by atoms with Gasteiger partial charge in [0.05, 0.1) is 33.4 Å². The normalized spacial score (nSPS) is 16.7. The summed E-state index contributed by atoms with van der Waals surface area (Å²) in [6.45, 7) is 1.99. The minimum absolute atomic E-state index is 0.0663. The molecule has 35 heavy (non-hydrogen) atoms. The lowest BCUT2D eigenvalue weighted by molar-refractivity contribution is -0.384. The number of aromatic nitrogens is 3. The summed E-state index contributed by atoms with van der Waals surface area (Å²) in [5, 5.41) is 12.0. The maximum absolute atomic E-state index is 13.9. The second kappa shape index (κ2) is 7.66. The number of amides is 1. The van der Waals surface area contributed by atoms with Crippen LogP contribution < -0.4 is 10.5 Å². The van der Waals surface area contributed by atoms with Gasteiger partial charge in [0.1, 0.15) is 5.82 Å². The van der Waals surface area contributed by atoms with Crippen LogP contribution >= 0.6 is 0 Å². The Hall–Kier alpha value is -4.73. The molecule has 4 aromatic rings. The summed E-state index contributed by atoms with van der Waals surface area (Å²) in [6, 6.07) is 13.7. The molecule has 6 rings (SSSR count). The van der Waals surface area contributed by atoms with Crippen LogP contribution in [0.25, 0.3) is 10.9 Å². The Balaban J connectivity index is 1.67. The number of nitro groups is 1. The second-order valence-electron chi connectivity index (χ2n) is 8.44. The largest absolute Gasteiger partial charge is 0.308 e. The van der Waals surface area contributed by atoms with Crippen molar-refractivity contribution >= 4 is 33.9 Å². The van der Waals surface area contributed by atoms with E-state index in [-0.39, 0.29) is 11.6 Å². The molecule has 0 fully saturated rings. The number of hydrogen-bond donors (Lipinski definition) is 0. The minimum Gasteiger partial charge on any atom is -0.308 e. The predicted octanol–water partition coefficient (Wildman–Crippen LogP) is 2.95. The van der Waals surface area contributed by atoms with Crippen LogP contribution in [0.4, 0.5) is 11.4 Å². The quantitative estimate of drug-likeness (QED) is 0.338. The SMILES string of the molecule is Cc1nc2cnccc2c(=O)n1[C@@H]1N=C(c2ccccc2)c2cc([N+](=O)[O-])cc3c2N(CC3)C1=O. The molecule has 0 spiro atoms. The molecule has 10 nitrogen and oxygen atoms in total. The van der Waals surface area contributed by atoms with E-state index in [1.807, 2.05) is 30.3 Å². The molecule has 10 heteroatoms. The lowest BCUT2D eigenvalue weighted by atomic mass is 9.97. The van der Waals surface area contributed by atoms with Crippen LogP contribution in [0.3, 0.4) is 0 Å². The van der Waals surface area contributed by atoms with Gasteiger partial charge < -0.3 is 4.90 Å². The van der Waals surface area contributed by atoms with E-state index in [0.29, 0.717) is 57.8 Å². The van der Waals surface area contributed by atoms with Gasteiger partial charge in [-0.1, -0.05) is 30.3 Å². The standard InChI is InChI=1S/C25H18N6O4/c1-14-27-20-13-26-9-7-18(20)24(32)30(14)23-25(33)29-10-8-16-11-17(31(34)35)12-19(22(16)29)21(28-23)15-5-3-2-4-6-15/h2-7,9,11-13,23H,8,10H2,1H3/t23-/m0/s1. The Morgan fingerprint density at radius 1 is 1.11 bits per heavy atom. The molecular weight excluding hydrogens is 448 g/mol. The molecule has 2 aliphatic heterocycles. The van der Waals surface area contributed by atoms with Gasteiger partial charge in [0.25, 0.3) is 17.2 Å². The Bertz CT molecular complexity index is 1640. The van der Waals surface area contributed by atoms with Gasteiger partial charge >= 0.3 is 0 Å². The van der Waals surface area contributed by atoms with Crippen LogP contribution in [0.1, 0.15) is 28.7 Å². The zero-order valence-corrected chi connectivity index (χ0v) is 18.6. The van der Waals surface area contributed by atoms with Crippen LogP contribution in [0.2, 0.25) is 0 Å². The molecule has 0 aliphatic carbocycles. The van der Waals surface area contributed by atoms with Gasteiger partial charge in [-0.05, 0) is 25.0 Å². The van der Waals surface area contributed by atoms with E-state index >= 15 is 0 Å². The zero-order chi connectivity index (χ0) is 24.3. The number of aryl methyl sites for hydroxylation is 1. The number of aliphatic imine (C=N–C) groups is 1. The molecule has 2 aromatic carbocycles. The van der Waals surface area contributed by atoms with Crippen molar-refractivity contribution in [2.45, 2.75) is 19.5 Å². The molecule has 2 aromatic heterocycles. The average Bonchev–Trinajstić information content (AvgIpc) is 3.25. The van der Waals surface area contributed by atoms with Gasteiger partial charge in [0.15, 0.2) is 0 Å². The van der Waals surface area contributed by atoms with E-state index in [0.717, 1.165) is 0 Å². The number of non-ortho nitro benzene ring substituents is 1. The first kappa shape index (κ1) is 20.8. The van der Waals surface area contributed by atoms with Crippen LogP contribution in [0, 0.1) is 17.0 Å². The fraction of sp³-hybridized carbons (Fsp3) is 0.160. The van der Waals surface area contributed by atoms with Gasteiger partial charge in [-0.15, -0.1) is 0 Å². The van der Waals surface area contributed by atoms with E-state index in [1.54, 1.807) is 17.9 Å². The Kier molecular flexibility index (Phi) is 4.56. The summed E-state index contributed by atoms with van der Waals surface area (Å²) in [7, 11) is 0. The summed E-state index contributed by atoms with van der Waals surface area (Å²) in [4.78, 5) is 53.6. The van der Waals surface area contributed by atoms with Gasteiger partial charge in [-0.2, -0.15) is 0 Å². The van der Waals surface area contributed by atoms with E-state index < -0.39 is 16.6 Å². The van der Waals surface area contributed by atoms with Crippen LogP contribution in [-0.2, 0) is 11.2 Å². The first-order chi connectivity index (χ1) is 16.9. The molecule has 0 N–H and O–H groups in total. The van der Waals surface area contributed by atoms with Crippen molar-refractivity contribution in [3.63, 3.8) is 0 Å². The number of carbonyl (C=O) groups is 1. The number of pyridine rings is 1. The lowest BCUT2D eigenvalue weighted by Crippen LogP contribution is -2.39. The molecule has 4 heterocycles. The van der Waals surface area contributed by atoms with Crippen molar-refractivity contribution in [1.29, 1.82) is 0 Å². The zero-order valence-electron chi connectivity index (χ0n) is 18.6. The maximum Gasteiger partial charge on any atom is 0.272 e. The molecule has 172 valence electrons. The Labute approximate surface area is 198 Å². The van der Waals surface area contributed by atoms with Crippen molar-refractivity contribution in [2.24, 2.45) is 4.99 Å². The topological polar surface area (TPSA) is 124 Å². The highest BCUT2D eigenvalue weighted by molar-refractivity contribution is 6.21. The number of anilines is 1. The summed E-state index contributed by atoms with van der Waals surface area (Å²) >= 11 is 0. The van der Waals surface area contributed by atoms with Crippen molar-refractivity contribution in [1.82, 2.24) is 14.5 Å². The number of nitrogens with zero attached hydrogens (tertiary/aromatic N) is 6. The van der Waals surface area contributed by atoms with Crippen LogP contribution in [-0.4, -0.2) is 37.6 Å².